The number of carbonyl (C=O) groups excluding carboxylic acids is 1. The summed E-state index contributed by atoms with van der Waals surface area (Å²) >= 11 is 11.6. The first-order chi connectivity index (χ1) is 7.66. The highest BCUT2D eigenvalue weighted by atomic mass is 35.5. The summed E-state index contributed by atoms with van der Waals surface area (Å²) in [7, 11) is 0. The van der Waals surface area contributed by atoms with E-state index in [1.54, 1.807) is 12.1 Å². The molecule has 2 aromatic rings. The molecule has 1 aromatic carbocycles. The third-order valence-corrected chi connectivity index (χ3v) is 2.35. The number of halogens is 2. The molecule has 0 fully saturated rings. The number of benzene rings is 1. The Bertz CT molecular complexity index is 506. The molecule has 0 saturated heterocycles. The van der Waals surface area contributed by atoms with E-state index in [1.165, 1.54) is 24.5 Å². The van der Waals surface area contributed by atoms with Crippen LogP contribution in [0.2, 0.25) is 10.0 Å². The zero-order chi connectivity index (χ0) is 11.5. The van der Waals surface area contributed by atoms with E-state index in [2.05, 4.69) is 0 Å². The van der Waals surface area contributed by atoms with Crippen molar-refractivity contribution in [3.63, 3.8) is 0 Å². The molecule has 0 unspecified atom stereocenters. The van der Waals surface area contributed by atoms with Crippen LogP contribution in [-0.2, 0) is 0 Å². The van der Waals surface area contributed by atoms with Gasteiger partial charge in [0.05, 0.1) is 11.3 Å². The van der Waals surface area contributed by atoms with Gasteiger partial charge < -0.3 is 9.15 Å². The van der Waals surface area contributed by atoms with Crippen LogP contribution in [0.5, 0.6) is 5.75 Å². The molecule has 1 heterocycles. The van der Waals surface area contributed by atoms with Gasteiger partial charge in [0.1, 0.15) is 5.75 Å². The average Bonchev–Trinajstić information content (AvgIpc) is 2.75. The SMILES string of the molecule is O=C(Oc1ccc(Cl)cc1Cl)c1ccco1. The predicted molar refractivity (Wildman–Crippen MR) is 60.1 cm³/mol. The van der Waals surface area contributed by atoms with Crippen LogP contribution in [-0.4, -0.2) is 5.97 Å². The molecular formula is C11H6Cl2O3. The zero-order valence-electron chi connectivity index (χ0n) is 7.94. The van der Waals surface area contributed by atoms with E-state index in [9.17, 15) is 4.79 Å². The third kappa shape index (κ3) is 2.38. The molecule has 0 radical (unpaired) electrons. The summed E-state index contributed by atoms with van der Waals surface area (Å²) < 4.78 is 9.91. The highest BCUT2D eigenvalue weighted by molar-refractivity contribution is 6.35. The van der Waals surface area contributed by atoms with E-state index in [0.29, 0.717) is 5.02 Å². The van der Waals surface area contributed by atoms with E-state index < -0.39 is 5.97 Å². The molecule has 5 heteroatoms. The number of rotatable bonds is 2. The summed E-state index contributed by atoms with van der Waals surface area (Å²) in [6.07, 6.45) is 1.39. The van der Waals surface area contributed by atoms with Crippen molar-refractivity contribution in [1.29, 1.82) is 0 Å². The molecule has 0 bridgehead atoms. The second-order valence-corrected chi connectivity index (χ2v) is 3.79. The Hall–Kier alpha value is -1.45. The molecule has 82 valence electrons. The summed E-state index contributed by atoms with van der Waals surface area (Å²) in [5.74, 6) is -0.243. The molecule has 1 aromatic heterocycles. The number of hydrogen-bond donors (Lipinski definition) is 0. The predicted octanol–water partition coefficient (Wildman–Crippen LogP) is 3.81. The molecule has 0 amide bonds. The van der Waals surface area contributed by atoms with Gasteiger partial charge in [-0.15, -0.1) is 0 Å². The Balaban J connectivity index is 2.18. The van der Waals surface area contributed by atoms with Crippen molar-refractivity contribution in [1.82, 2.24) is 0 Å². The van der Waals surface area contributed by atoms with Crippen LogP contribution in [0.15, 0.2) is 41.0 Å². The Morgan fingerprint density at radius 2 is 2.06 bits per heavy atom. The molecule has 2 rings (SSSR count). The van der Waals surface area contributed by atoms with E-state index in [4.69, 9.17) is 32.4 Å². The lowest BCUT2D eigenvalue weighted by Gasteiger charge is -2.04. The quantitative estimate of drug-likeness (QED) is 0.606. The van der Waals surface area contributed by atoms with Crippen molar-refractivity contribution in [2.75, 3.05) is 0 Å². The van der Waals surface area contributed by atoms with E-state index in [1.807, 2.05) is 0 Å². The van der Waals surface area contributed by atoms with Gasteiger partial charge in [-0.2, -0.15) is 0 Å². The summed E-state index contributed by atoms with van der Waals surface area (Å²) in [6, 6.07) is 7.70. The smallest absolute Gasteiger partial charge is 0.379 e. The summed E-state index contributed by atoms with van der Waals surface area (Å²) in [4.78, 5) is 11.5. The molecule has 0 saturated carbocycles. The molecule has 0 spiro atoms. The van der Waals surface area contributed by atoms with E-state index >= 15 is 0 Å². The van der Waals surface area contributed by atoms with Gasteiger partial charge >= 0.3 is 5.97 Å². The minimum atomic E-state index is -0.603. The van der Waals surface area contributed by atoms with Crippen LogP contribution >= 0.6 is 23.2 Å². The Labute approximate surface area is 102 Å². The maximum absolute atomic E-state index is 11.5. The fourth-order valence-corrected chi connectivity index (χ4v) is 1.55. The van der Waals surface area contributed by atoms with Gasteiger partial charge in [0, 0.05) is 5.02 Å². The van der Waals surface area contributed by atoms with Crippen molar-refractivity contribution in [2.45, 2.75) is 0 Å². The lowest BCUT2D eigenvalue weighted by Crippen LogP contribution is -2.07. The van der Waals surface area contributed by atoms with Gasteiger partial charge in [-0.1, -0.05) is 23.2 Å². The standard InChI is InChI=1S/C11H6Cl2O3/c12-7-3-4-9(8(13)6-7)16-11(14)10-2-1-5-15-10/h1-6H. The lowest BCUT2D eigenvalue weighted by molar-refractivity contribution is 0.0701. The van der Waals surface area contributed by atoms with E-state index in [0.717, 1.165) is 0 Å². The molecule has 0 aliphatic carbocycles. The maximum atomic E-state index is 11.5. The van der Waals surface area contributed by atoms with Crippen molar-refractivity contribution < 1.29 is 13.9 Å². The van der Waals surface area contributed by atoms with Gasteiger partial charge in [-0.05, 0) is 30.3 Å². The third-order valence-electron chi connectivity index (χ3n) is 1.82. The van der Waals surface area contributed by atoms with E-state index in [-0.39, 0.29) is 16.5 Å². The van der Waals surface area contributed by atoms with Gasteiger partial charge in [0.2, 0.25) is 5.76 Å². The Kier molecular flexibility index (Phi) is 3.17. The zero-order valence-corrected chi connectivity index (χ0v) is 9.46. The molecule has 0 atom stereocenters. The molecule has 0 N–H and O–H groups in total. The van der Waals surface area contributed by atoms with Crippen LogP contribution < -0.4 is 4.74 Å². The molecule has 16 heavy (non-hydrogen) atoms. The topological polar surface area (TPSA) is 39.4 Å². The number of hydrogen-bond acceptors (Lipinski definition) is 3. The minimum absolute atomic E-state index is 0.117. The molecule has 3 nitrogen and oxygen atoms in total. The largest absolute Gasteiger partial charge is 0.457 e. The fourth-order valence-electron chi connectivity index (χ4n) is 1.10. The first-order valence-corrected chi connectivity index (χ1v) is 5.13. The first-order valence-electron chi connectivity index (χ1n) is 4.37. The van der Waals surface area contributed by atoms with Crippen molar-refractivity contribution in [3.8, 4) is 5.75 Å². The van der Waals surface area contributed by atoms with Crippen LogP contribution in [0.1, 0.15) is 10.6 Å². The monoisotopic (exact) mass is 256 g/mol. The normalized spacial score (nSPS) is 10.1. The Morgan fingerprint density at radius 1 is 1.25 bits per heavy atom. The highest BCUT2D eigenvalue weighted by Gasteiger charge is 2.13. The lowest BCUT2D eigenvalue weighted by atomic mass is 10.3. The summed E-state index contributed by atoms with van der Waals surface area (Å²) in [6.45, 7) is 0. The van der Waals surface area contributed by atoms with Gasteiger partial charge in [0.15, 0.2) is 0 Å². The average molecular weight is 257 g/mol. The number of ether oxygens (including phenoxy) is 1. The van der Waals surface area contributed by atoms with Crippen molar-refractivity contribution >= 4 is 29.2 Å². The summed E-state index contributed by atoms with van der Waals surface area (Å²) in [5.41, 5.74) is 0. The fraction of sp³-hybridized carbons (Fsp3) is 0. The maximum Gasteiger partial charge on any atom is 0.379 e. The van der Waals surface area contributed by atoms with Crippen LogP contribution in [0.4, 0.5) is 0 Å². The van der Waals surface area contributed by atoms with Gasteiger partial charge in [-0.25, -0.2) is 4.79 Å². The first kappa shape index (κ1) is 11.0. The number of furan rings is 1. The second kappa shape index (κ2) is 4.60. The molecule has 0 aliphatic rings. The second-order valence-electron chi connectivity index (χ2n) is 2.94. The number of esters is 1. The molecule has 0 aliphatic heterocycles. The highest BCUT2D eigenvalue weighted by Crippen LogP contribution is 2.28. The minimum Gasteiger partial charge on any atom is -0.457 e. The van der Waals surface area contributed by atoms with Gasteiger partial charge in [-0.3, -0.25) is 0 Å². The van der Waals surface area contributed by atoms with Crippen LogP contribution in [0.3, 0.4) is 0 Å². The van der Waals surface area contributed by atoms with Crippen molar-refractivity contribution in [2.24, 2.45) is 0 Å². The van der Waals surface area contributed by atoms with Crippen LogP contribution in [0.25, 0.3) is 0 Å². The Morgan fingerprint density at radius 3 is 2.69 bits per heavy atom. The van der Waals surface area contributed by atoms with Gasteiger partial charge in [0.25, 0.3) is 0 Å². The summed E-state index contributed by atoms with van der Waals surface area (Å²) in [5, 5.41) is 0.746. The van der Waals surface area contributed by atoms with Crippen LogP contribution in [0, 0.1) is 0 Å². The van der Waals surface area contributed by atoms with Crippen molar-refractivity contribution in [3.05, 3.63) is 52.4 Å². The molecular weight excluding hydrogens is 251 g/mol. The number of carbonyl (C=O) groups is 1.